The number of aryl methyl sites for hydroxylation is 1. The minimum Gasteiger partial charge on any atom is -0.493 e. The van der Waals surface area contributed by atoms with Gasteiger partial charge in [-0.05, 0) is 36.8 Å². The molecule has 1 aromatic carbocycles. The molecular weight excluding hydrogens is 410 g/mol. The fourth-order valence-corrected chi connectivity index (χ4v) is 4.01. The number of aromatic nitrogens is 4. The molecule has 0 fully saturated rings. The van der Waals surface area contributed by atoms with Gasteiger partial charge in [0.25, 0.3) is 0 Å². The van der Waals surface area contributed by atoms with Crippen molar-refractivity contribution < 1.29 is 19.0 Å². The van der Waals surface area contributed by atoms with Crippen LogP contribution in [0.5, 0.6) is 17.2 Å². The van der Waals surface area contributed by atoms with E-state index in [-0.39, 0.29) is 23.4 Å². The molecule has 5 rings (SSSR count). The first kappa shape index (κ1) is 18.7. The van der Waals surface area contributed by atoms with Gasteiger partial charge in [-0.25, -0.2) is 0 Å². The highest BCUT2D eigenvalue weighted by atomic mass is 35.5. The van der Waals surface area contributed by atoms with E-state index in [2.05, 4.69) is 20.6 Å². The molecule has 154 valence electrons. The van der Waals surface area contributed by atoms with Gasteiger partial charge in [0, 0.05) is 17.9 Å². The second-order valence-corrected chi connectivity index (χ2v) is 7.41. The number of methoxy groups -OCH3 is 1. The lowest BCUT2D eigenvalue weighted by Gasteiger charge is -2.27. The molecule has 0 bridgehead atoms. The number of nitrogens with zero attached hydrogens (tertiary/aromatic N) is 4. The van der Waals surface area contributed by atoms with Crippen molar-refractivity contribution in [1.29, 1.82) is 0 Å². The summed E-state index contributed by atoms with van der Waals surface area (Å²) in [6, 6.07) is 7.12. The van der Waals surface area contributed by atoms with E-state index in [1.165, 1.54) is 0 Å². The minimum absolute atomic E-state index is 0.121. The quantitative estimate of drug-likeness (QED) is 0.685. The van der Waals surface area contributed by atoms with Gasteiger partial charge in [-0.3, -0.25) is 4.79 Å². The van der Waals surface area contributed by atoms with Gasteiger partial charge < -0.3 is 19.5 Å². The molecule has 30 heavy (non-hydrogen) atoms. The molecule has 2 aliphatic rings. The van der Waals surface area contributed by atoms with E-state index < -0.39 is 0 Å². The molecule has 0 saturated carbocycles. The number of carbonyl (C=O) groups is 1. The van der Waals surface area contributed by atoms with E-state index in [0.29, 0.717) is 42.1 Å². The number of nitrogens with one attached hydrogen (secondary N) is 1. The molecule has 0 saturated heterocycles. The maximum atomic E-state index is 12.6. The highest BCUT2D eigenvalue weighted by Gasteiger charge is 2.34. The van der Waals surface area contributed by atoms with Crippen LogP contribution in [0.2, 0.25) is 5.15 Å². The van der Waals surface area contributed by atoms with E-state index in [4.69, 9.17) is 25.8 Å². The van der Waals surface area contributed by atoms with Crippen LogP contribution in [0.25, 0.3) is 5.82 Å². The van der Waals surface area contributed by atoms with Gasteiger partial charge in [0.1, 0.15) is 19.0 Å². The van der Waals surface area contributed by atoms with Crippen LogP contribution in [0, 0.1) is 6.92 Å². The lowest BCUT2D eigenvalue weighted by Crippen LogP contribution is -2.25. The zero-order valence-corrected chi connectivity index (χ0v) is 17.1. The van der Waals surface area contributed by atoms with Gasteiger partial charge in [0.05, 0.1) is 12.8 Å². The summed E-state index contributed by atoms with van der Waals surface area (Å²) < 4.78 is 18.6. The number of hydrogen-bond acceptors (Lipinski definition) is 7. The molecule has 2 aromatic heterocycles. The Morgan fingerprint density at radius 1 is 1.23 bits per heavy atom. The number of halogens is 1. The monoisotopic (exact) mass is 427 g/mol. The fraction of sp³-hybridized carbons (Fsp3) is 0.300. The molecule has 1 unspecified atom stereocenters. The summed E-state index contributed by atoms with van der Waals surface area (Å²) in [4.78, 5) is 12.6. The number of carbonyl (C=O) groups excluding carboxylic acids is 1. The number of fused-ring (bicyclic) bond motifs is 2. The van der Waals surface area contributed by atoms with Crippen molar-refractivity contribution >= 4 is 23.3 Å². The van der Waals surface area contributed by atoms with Crippen LogP contribution in [0.1, 0.15) is 29.2 Å². The number of amides is 1. The van der Waals surface area contributed by atoms with Crippen LogP contribution in [0.4, 0.5) is 5.82 Å². The van der Waals surface area contributed by atoms with Gasteiger partial charge >= 0.3 is 0 Å². The Labute approximate surface area is 176 Å². The number of anilines is 1. The van der Waals surface area contributed by atoms with Gasteiger partial charge in [-0.2, -0.15) is 9.78 Å². The van der Waals surface area contributed by atoms with E-state index >= 15 is 0 Å². The van der Waals surface area contributed by atoms with Crippen molar-refractivity contribution in [2.45, 2.75) is 19.3 Å². The van der Waals surface area contributed by atoms with Gasteiger partial charge in [-0.1, -0.05) is 11.6 Å². The predicted octanol–water partition coefficient (Wildman–Crippen LogP) is 2.88. The SMILES string of the molecule is COc1cc(C2CC(=O)Nc3c2c(C)nn3-c2ccc(Cl)nn2)cc2c1OCCO2. The molecule has 0 aliphatic carbocycles. The number of ether oxygens (including phenoxy) is 3. The lowest BCUT2D eigenvalue weighted by atomic mass is 9.85. The van der Waals surface area contributed by atoms with Crippen molar-refractivity contribution in [3.05, 3.63) is 46.2 Å². The molecule has 1 N–H and O–H groups in total. The van der Waals surface area contributed by atoms with Crippen LogP contribution in [-0.2, 0) is 4.79 Å². The van der Waals surface area contributed by atoms with E-state index in [1.54, 1.807) is 23.9 Å². The lowest BCUT2D eigenvalue weighted by molar-refractivity contribution is -0.116. The van der Waals surface area contributed by atoms with Crippen LogP contribution in [0.15, 0.2) is 24.3 Å². The Morgan fingerprint density at radius 3 is 2.83 bits per heavy atom. The molecule has 4 heterocycles. The fourth-order valence-electron chi connectivity index (χ4n) is 3.91. The molecule has 1 atom stereocenters. The zero-order valence-electron chi connectivity index (χ0n) is 16.3. The zero-order chi connectivity index (χ0) is 20.8. The van der Waals surface area contributed by atoms with Gasteiger partial charge in [-0.15, -0.1) is 10.2 Å². The second-order valence-electron chi connectivity index (χ2n) is 7.03. The first-order valence-electron chi connectivity index (χ1n) is 9.41. The van der Waals surface area contributed by atoms with Crippen molar-refractivity contribution in [3.63, 3.8) is 0 Å². The van der Waals surface area contributed by atoms with Crippen molar-refractivity contribution in [3.8, 4) is 23.1 Å². The summed E-state index contributed by atoms with van der Waals surface area (Å²) in [6.07, 6.45) is 0.272. The topological polar surface area (TPSA) is 100 Å². The average molecular weight is 428 g/mol. The summed E-state index contributed by atoms with van der Waals surface area (Å²) in [5, 5.41) is 15.8. The van der Waals surface area contributed by atoms with E-state index in [0.717, 1.165) is 16.8 Å². The third-order valence-electron chi connectivity index (χ3n) is 5.19. The minimum atomic E-state index is -0.229. The van der Waals surface area contributed by atoms with Crippen LogP contribution in [-0.4, -0.2) is 46.2 Å². The summed E-state index contributed by atoms with van der Waals surface area (Å²) in [6.45, 7) is 2.83. The first-order chi connectivity index (χ1) is 14.5. The van der Waals surface area contributed by atoms with E-state index in [9.17, 15) is 4.79 Å². The Morgan fingerprint density at radius 2 is 2.07 bits per heavy atom. The molecule has 2 aliphatic heterocycles. The smallest absolute Gasteiger partial charge is 0.226 e. The van der Waals surface area contributed by atoms with Crippen molar-refractivity contribution in [1.82, 2.24) is 20.0 Å². The van der Waals surface area contributed by atoms with Crippen molar-refractivity contribution in [2.24, 2.45) is 0 Å². The van der Waals surface area contributed by atoms with E-state index in [1.807, 2.05) is 19.1 Å². The Kier molecular flexibility index (Phi) is 4.47. The Bertz CT molecular complexity index is 1130. The molecule has 9 nitrogen and oxygen atoms in total. The molecule has 1 amide bonds. The average Bonchev–Trinajstić information content (AvgIpc) is 3.09. The van der Waals surface area contributed by atoms with Crippen LogP contribution < -0.4 is 19.5 Å². The van der Waals surface area contributed by atoms with Crippen LogP contribution in [0.3, 0.4) is 0 Å². The number of hydrogen-bond donors (Lipinski definition) is 1. The Hall–Kier alpha value is -3.33. The standard InChI is InChI=1S/C20H18ClN5O4/c1-10-18-12(11-7-13(28-2)19-14(8-11)29-5-6-30-19)9-17(27)22-20(18)26(25-10)16-4-3-15(21)23-24-16/h3-4,7-8,12H,5-6,9H2,1-2H3,(H,22,27). The highest BCUT2D eigenvalue weighted by molar-refractivity contribution is 6.29. The summed E-state index contributed by atoms with van der Waals surface area (Å²) in [5.41, 5.74) is 2.57. The molecule has 10 heteroatoms. The van der Waals surface area contributed by atoms with Crippen molar-refractivity contribution in [2.75, 3.05) is 25.6 Å². The molecule has 0 spiro atoms. The normalized spacial score (nSPS) is 17.3. The van der Waals surface area contributed by atoms with Gasteiger partial charge in [0.15, 0.2) is 22.5 Å². The van der Waals surface area contributed by atoms with Gasteiger partial charge in [0.2, 0.25) is 11.7 Å². The summed E-state index contributed by atoms with van der Waals surface area (Å²) >= 11 is 5.85. The number of rotatable bonds is 3. The van der Waals surface area contributed by atoms with Crippen LogP contribution >= 0.6 is 11.6 Å². The maximum absolute atomic E-state index is 12.6. The summed E-state index contributed by atoms with van der Waals surface area (Å²) in [5.74, 6) is 2.44. The largest absolute Gasteiger partial charge is 0.493 e. The first-order valence-corrected chi connectivity index (χ1v) is 9.79. The summed E-state index contributed by atoms with van der Waals surface area (Å²) in [7, 11) is 1.58. The molecular formula is C20H18ClN5O4. The maximum Gasteiger partial charge on any atom is 0.226 e. The second kappa shape index (κ2) is 7.17. The third kappa shape index (κ3) is 3.02. The highest BCUT2D eigenvalue weighted by Crippen LogP contribution is 2.46. The molecule has 0 radical (unpaired) electrons. The Balaban J connectivity index is 1.65. The predicted molar refractivity (Wildman–Crippen MR) is 108 cm³/mol. The molecule has 3 aromatic rings. The third-order valence-corrected chi connectivity index (χ3v) is 5.39. The number of benzene rings is 1.